The number of nitrogens with one attached hydrogen (secondary N) is 1. The Labute approximate surface area is 146 Å². The molecular formula is C20H20N4O. The van der Waals surface area contributed by atoms with Gasteiger partial charge < -0.3 is 5.32 Å². The molecule has 0 unspecified atom stereocenters. The van der Waals surface area contributed by atoms with Crippen LogP contribution in [0.15, 0.2) is 48.9 Å². The van der Waals surface area contributed by atoms with E-state index in [2.05, 4.69) is 21.5 Å². The molecule has 5 heteroatoms. The summed E-state index contributed by atoms with van der Waals surface area (Å²) in [6, 6.07) is 9.74. The Kier molecular flexibility index (Phi) is 4.06. The second kappa shape index (κ2) is 6.51. The number of hydrogen-bond donors (Lipinski definition) is 1. The second-order valence-corrected chi connectivity index (χ2v) is 6.41. The highest BCUT2D eigenvalue weighted by molar-refractivity contribution is 6.07. The van der Waals surface area contributed by atoms with Gasteiger partial charge in [0, 0.05) is 30.6 Å². The van der Waals surface area contributed by atoms with Crippen molar-refractivity contribution in [2.45, 2.75) is 25.7 Å². The fourth-order valence-electron chi connectivity index (χ4n) is 3.46. The Bertz CT molecular complexity index is 929. The zero-order chi connectivity index (χ0) is 17.2. The van der Waals surface area contributed by atoms with Crippen LogP contribution in [0.1, 0.15) is 34.3 Å². The molecule has 1 aliphatic carbocycles. The first-order chi connectivity index (χ1) is 12.2. The second-order valence-electron chi connectivity index (χ2n) is 6.41. The molecule has 0 bridgehead atoms. The monoisotopic (exact) mass is 332 g/mol. The van der Waals surface area contributed by atoms with E-state index in [1.807, 2.05) is 37.5 Å². The van der Waals surface area contributed by atoms with Crippen LogP contribution in [0.25, 0.3) is 11.3 Å². The number of amides is 1. The summed E-state index contributed by atoms with van der Waals surface area (Å²) in [6.07, 6.45) is 9.75. The first kappa shape index (κ1) is 15.6. The standard InChI is InChI=1S/C20H20N4O/c1-24-13-15(12-22-24)19-18(10-5-11-21-19)23-20(25)17-9-4-7-14-6-2-3-8-16(14)17/h4-5,7,9-13H,2-3,6,8H2,1H3,(H,23,25). The highest BCUT2D eigenvalue weighted by Gasteiger charge is 2.19. The average Bonchev–Trinajstić information content (AvgIpc) is 3.08. The molecule has 2 aromatic heterocycles. The van der Waals surface area contributed by atoms with Gasteiger partial charge in [-0.3, -0.25) is 14.5 Å². The van der Waals surface area contributed by atoms with Gasteiger partial charge in [-0.15, -0.1) is 0 Å². The van der Waals surface area contributed by atoms with Gasteiger partial charge >= 0.3 is 0 Å². The molecule has 2 heterocycles. The van der Waals surface area contributed by atoms with E-state index < -0.39 is 0 Å². The molecule has 1 N–H and O–H groups in total. The molecule has 4 rings (SSSR count). The lowest BCUT2D eigenvalue weighted by molar-refractivity contribution is 0.102. The number of aryl methyl sites for hydroxylation is 2. The maximum Gasteiger partial charge on any atom is 0.256 e. The van der Waals surface area contributed by atoms with Gasteiger partial charge in [-0.05, 0) is 55.0 Å². The summed E-state index contributed by atoms with van der Waals surface area (Å²) >= 11 is 0. The van der Waals surface area contributed by atoms with E-state index in [9.17, 15) is 4.79 Å². The molecule has 0 aliphatic heterocycles. The van der Waals surface area contributed by atoms with Crippen molar-refractivity contribution < 1.29 is 4.79 Å². The molecule has 0 radical (unpaired) electrons. The molecule has 0 fully saturated rings. The Balaban J connectivity index is 1.67. The average molecular weight is 332 g/mol. The number of fused-ring (bicyclic) bond motifs is 1. The minimum atomic E-state index is -0.0723. The third-order valence-electron chi connectivity index (χ3n) is 4.67. The van der Waals surface area contributed by atoms with E-state index in [1.165, 1.54) is 17.5 Å². The molecule has 25 heavy (non-hydrogen) atoms. The van der Waals surface area contributed by atoms with Gasteiger partial charge in [0.2, 0.25) is 0 Å². The van der Waals surface area contributed by atoms with E-state index in [-0.39, 0.29) is 5.91 Å². The first-order valence-corrected chi connectivity index (χ1v) is 8.58. The lowest BCUT2D eigenvalue weighted by Gasteiger charge is -2.19. The van der Waals surface area contributed by atoms with Gasteiger partial charge in [0.1, 0.15) is 0 Å². The Morgan fingerprint density at radius 1 is 1.16 bits per heavy atom. The maximum atomic E-state index is 12.9. The number of pyridine rings is 1. The zero-order valence-corrected chi connectivity index (χ0v) is 14.2. The number of hydrogen-bond acceptors (Lipinski definition) is 3. The summed E-state index contributed by atoms with van der Waals surface area (Å²) in [4.78, 5) is 17.3. The highest BCUT2D eigenvalue weighted by Crippen LogP contribution is 2.28. The van der Waals surface area contributed by atoms with E-state index in [0.717, 1.165) is 36.1 Å². The molecule has 1 aromatic carbocycles. The van der Waals surface area contributed by atoms with Gasteiger partial charge in [-0.1, -0.05) is 12.1 Å². The van der Waals surface area contributed by atoms with Crippen molar-refractivity contribution in [2.75, 3.05) is 5.32 Å². The summed E-state index contributed by atoms with van der Waals surface area (Å²) < 4.78 is 1.73. The Morgan fingerprint density at radius 3 is 2.88 bits per heavy atom. The van der Waals surface area contributed by atoms with Gasteiger partial charge in [0.15, 0.2) is 0 Å². The third-order valence-corrected chi connectivity index (χ3v) is 4.67. The van der Waals surface area contributed by atoms with Gasteiger partial charge in [-0.2, -0.15) is 5.10 Å². The number of nitrogens with zero attached hydrogens (tertiary/aromatic N) is 3. The number of anilines is 1. The molecule has 1 amide bonds. The van der Waals surface area contributed by atoms with Gasteiger partial charge in [0.25, 0.3) is 5.91 Å². The van der Waals surface area contributed by atoms with Gasteiger partial charge in [-0.25, -0.2) is 0 Å². The molecule has 0 saturated carbocycles. The van der Waals surface area contributed by atoms with Crippen LogP contribution in [-0.2, 0) is 19.9 Å². The number of aromatic nitrogens is 3. The predicted octanol–water partition coefficient (Wildman–Crippen LogP) is 3.61. The van der Waals surface area contributed by atoms with Crippen LogP contribution in [0.2, 0.25) is 0 Å². The summed E-state index contributed by atoms with van der Waals surface area (Å²) in [7, 11) is 1.86. The van der Waals surface area contributed by atoms with Crippen LogP contribution in [0.3, 0.4) is 0 Å². The summed E-state index contributed by atoms with van der Waals surface area (Å²) in [6.45, 7) is 0. The lowest BCUT2D eigenvalue weighted by Crippen LogP contribution is -2.17. The lowest BCUT2D eigenvalue weighted by atomic mass is 9.88. The van der Waals surface area contributed by atoms with E-state index >= 15 is 0 Å². The molecule has 1 aliphatic rings. The highest BCUT2D eigenvalue weighted by atomic mass is 16.1. The minimum Gasteiger partial charge on any atom is -0.320 e. The van der Waals surface area contributed by atoms with E-state index in [1.54, 1.807) is 17.1 Å². The summed E-state index contributed by atoms with van der Waals surface area (Å²) in [5.41, 5.74) is 5.59. The van der Waals surface area contributed by atoms with Crippen LogP contribution in [0.5, 0.6) is 0 Å². The van der Waals surface area contributed by atoms with E-state index in [0.29, 0.717) is 5.69 Å². The van der Waals surface area contributed by atoms with E-state index in [4.69, 9.17) is 0 Å². The number of carbonyl (C=O) groups excluding carboxylic acids is 1. The SMILES string of the molecule is Cn1cc(-c2ncccc2NC(=O)c2cccc3c2CCCC3)cn1. The third kappa shape index (κ3) is 3.05. The van der Waals surface area contributed by atoms with Crippen molar-refractivity contribution in [1.82, 2.24) is 14.8 Å². The van der Waals surface area contributed by atoms with Crippen LogP contribution in [0.4, 0.5) is 5.69 Å². The number of benzene rings is 1. The fourth-order valence-corrected chi connectivity index (χ4v) is 3.46. The Morgan fingerprint density at radius 2 is 2.04 bits per heavy atom. The topological polar surface area (TPSA) is 59.8 Å². The summed E-state index contributed by atoms with van der Waals surface area (Å²) in [5, 5.41) is 7.24. The fraction of sp³-hybridized carbons (Fsp3) is 0.250. The molecule has 0 saturated heterocycles. The molecular weight excluding hydrogens is 312 g/mol. The van der Waals surface area contributed by atoms with Crippen molar-refractivity contribution in [3.8, 4) is 11.3 Å². The molecule has 126 valence electrons. The van der Waals surface area contributed by atoms with Crippen molar-refractivity contribution in [3.05, 3.63) is 65.6 Å². The van der Waals surface area contributed by atoms with Crippen molar-refractivity contribution >= 4 is 11.6 Å². The number of rotatable bonds is 3. The van der Waals surface area contributed by atoms with Crippen LogP contribution >= 0.6 is 0 Å². The van der Waals surface area contributed by atoms with Crippen LogP contribution in [0, 0.1) is 0 Å². The number of carbonyl (C=O) groups is 1. The molecule has 3 aromatic rings. The zero-order valence-electron chi connectivity index (χ0n) is 14.2. The minimum absolute atomic E-state index is 0.0723. The smallest absolute Gasteiger partial charge is 0.256 e. The predicted molar refractivity (Wildman–Crippen MR) is 97.5 cm³/mol. The Hall–Kier alpha value is -2.95. The summed E-state index contributed by atoms with van der Waals surface area (Å²) in [5.74, 6) is -0.0723. The first-order valence-electron chi connectivity index (χ1n) is 8.58. The normalized spacial score (nSPS) is 13.3. The van der Waals surface area contributed by atoms with Gasteiger partial charge in [0.05, 0.1) is 17.6 Å². The largest absolute Gasteiger partial charge is 0.320 e. The van der Waals surface area contributed by atoms with Crippen LogP contribution in [-0.4, -0.2) is 20.7 Å². The maximum absolute atomic E-state index is 12.9. The molecule has 0 atom stereocenters. The van der Waals surface area contributed by atoms with Crippen molar-refractivity contribution in [2.24, 2.45) is 7.05 Å². The van der Waals surface area contributed by atoms with Crippen LogP contribution < -0.4 is 5.32 Å². The molecule has 5 nitrogen and oxygen atoms in total. The van der Waals surface area contributed by atoms with Crippen molar-refractivity contribution in [1.29, 1.82) is 0 Å². The van der Waals surface area contributed by atoms with Crippen molar-refractivity contribution in [3.63, 3.8) is 0 Å². The molecule has 0 spiro atoms. The quantitative estimate of drug-likeness (QED) is 0.797.